The molecule has 2 N–H and O–H groups in total. The third kappa shape index (κ3) is 2.62. The first kappa shape index (κ1) is 9.83. The van der Waals surface area contributed by atoms with Gasteiger partial charge in [0.2, 0.25) is 0 Å². The van der Waals surface area contributed by atoms with Crippen LogP contribution in [-0.4, -0.2) is 17.3 Å². The third-order valence-electron chi connectivity index (χ3n) is 2.46. The predicted octanol–water partition coefficient (Wildman–Crippen LogP) is 2.71. The topological polar surface area (TPSA) is 58.6 Å². The van der Waals surface area contributed by atoms with Crippen molar-refractivity contribution >= 4 is 11.8 Å². The van der Waals surface area contributed by atoms with Crippen LogP contribution >= 0.6 is 0 Å². The highest BCUT2D eigenvalue weighted by atomic mass is 16.5. The van der Waals surface area contributed by atoms with E-state index >= 15 is 0 Å². The molecule has 0 atom stereocenters. The first-order valence-corrected chi connectivity index (χ1v) is 5.01. The molecule has 0 aromatic heterocycles. The number of carboxylic acid groups (broad SMARTS) is 1. The van der Waals surface area contributed by atoms with E-state index < -0.39 is 6.09 Å². The van der Waals surface area contributed by atoms with Crippen LogP contribution in [0.3, 0.4) is 0 Å². The maximum absolute atomic E-state index is 10.3. The van der Waals surface area contributed by atoms with Crippen LogP contribution in [0.2, 0.25) is 0 Å². The summed E-state index contributed by atoms with van der Waals surface area (Å²) in [4.78, 5) is 10.3. The van der Waals surface area contributed by atoms with Gasteiger partial charge in [-0.25, -0.2) is 4.79 Å². The van der Waals surface area contributed by atoms with E-state index in [0.717, 1.165) is 18.6 Å². The van der Waals surface area contributed by atoms with Crippen molar-refractivity contribution in [1.82, 2.24) is 0 Å². The van der Waals surface area contributed by atoms with Crippen molar-refractivity contribution in [2.24, 2.45) is 0 Å². The van der Waals surface area contributed by atoms with Gasteiger partial charge in [-0.15, -0.1) is 0 Å². The lowest BCUT2D eigenvalue weighted by Crippen LogP contribution is -2.24. The molecule has 4 nitrogen and oxygen atoms in total. The minimum atomic E-state index is -1.05. The van der Waals surface area contributed by atoms with E-state index in [1.165, 1.54) is 6.42 Å². The number of rotatable bonds is 3. The molecule has 1 aliphatic carbocycles. The molecule has 1 fully saturated rings. The summed E-state index contributed by atoms with van der Waals surface area (Å²) in [5.74, 6) is 0.802. The Kier molecular flexibility index (Phi) is 2.76. The molecule has 1 aromatic rings. The monoisotopic (exact) mass is 207 g/mol. The van der Waals surface area contributed by atoms with Crippen molar-refractivity contribution in [3.8, 4) is 5.75 Å². The number of nitrogens with one attached hydrogen (secondary N) is 1. The lowest BCUT2D eigenvalue weighted by Gasteiger charge is -2.26. The third-order valence-corrected chi connectivity index (χ3v) is 2.46. The minimum absolute atomic E-state index is 0.350. The van der Waals surface area contributed by atoms with Crippen molar-refractivity contribution in [2.45, 2.75) is 25.4 Å². The molecule has 0 radical (unpaired) electrons. The maximum atomic E-state index is 10.3. The molecule has 0 bridgehead atoms. The van der Waals surface area contributed by atoms with Gasteiger partial charge >= 0.3 is 6.09 Å². The summed E-state index contributed by atoms with van der Waals surface area (Å²) < 4.78 is 5.64. The van der Waals surface area contributed by atoms with E-state index in [2.05, 4.69) is 5.32 Å². The molecule has 2 rings (SSSR count). The average molecular weight is 207 g/mol. The van der Waals surface area contributed by atoms with Crippen molar-refractivity contribution < 1.29 is 14.6 Å². The quantitative estimate of drug-likeness (QED) is 0.801. The van der Waals surface area contributed by atoms with Gasteiger partial charge in [-0.1, -0.05) is 0 Å². The van der Waals surface area contributed by atoms with Crippen LogP contribution in [0, 0.1) is 0 Å². The van der Waals surface area contributed by atoms with Gasteiger partial charge in [-0.05, 0) is 43.5 Å². The Labute approximate surface area is 87.9 Å². The van der Waals surface area contributed by atoms with E-state index in [1.807, 2.05) is 0 Å². The Balaban J connectivity index is 1.93. The molecule has 15 heavy (non-hydrogen) atoms. The van der Waals surface area contributed by atoms with Crippen LogP contribution in [0.1, 0.15) is 19.3 Å². The van der Waals surface area contributed by atoms with Gasteiger partial charge in [0.05, 0.1) is 6.10 Å². The zero-order valence-electron chi connectivity index (χ0n) is 8.27. The lowest BCUT2D eigenvalue weighted by atomic mass is 9.96. The smallest absolute Gasteiger partial charge is 0.409 e. The Morgan fingerprint density at radius 1 is 1.33 bits per heavy atom. The van der Waals surface area contributed by atoms with Crippen molar-refractivity contribution in [2.75, 3.05) is 5.32 Å². The van der Waals surface area contributed by atoms with Crippen LogP contribution < -0.4 is 10.1 Å². The number of carbonyl (C=O) groups is 1. The molecule has 0 heterocycles. The van der Waals surface area contributed by atoms with Gasteiger partial charge in [0.15, 0.2) is 0 Å². The summed E-state index contributed by atoms with van der Waals surface area (Å²) in [6.45, 7) is 0. The summed E-state index contributed by atoms with van der Waals surface area (Å²) in [5.41, 5.74) is 0.559. The lowest BCUT2D eigenvalue weighted by molar-refractivity contribution is 0.120. The summed E-state index contributed by atoms with van der Waals surface area (Å²) in [6.07, 6.45) is 2.78. The molecule has 1 saturated carbocycles. The van der Waals surface area contributed by atoms with Crippen molar-refractivity contribution in [3.63, 3.8) is 0 Å². The average Bonchev–Trinajstić information content (AvgIpc) is 2.13. The van der Waals surface area contributed by atoms with Gasteiger partial charge in [-0.2, -0.15) is 0 Å². The standard InChI is InChI=1S/C11H13NO3/c13-11(14)12-8-4-6-10(7-5-8)15-9-2-1-3-9/h4-7,9,12H,1-3H2,(H,13,14). The molecule has 4 heteroatoms. The Morgan fingerprint density at radius 2 is 2.00 bits per heavy atom. The molecular formula is C11H13NO3. The summed E-state index contributed by atoms with van der Waals surface area (Å²) in [5, 5.41) is 10.8. The van der Waals surface area contributed by atoms with Gasteiger partial charge in [-0.3, -0.25) is 5.32 Å². The van der Waals surface area contributed by atoms with Gasteiger partial charge in [0.25, 0.3) is 0 Å². The number of ether oxygens (including phenoxy) is 1. The van der Waals surface area contributed by atoms with E-state index in [4.69, 9.17) is 9.84 Å². The molecule has 1 amide bonds. The molecular weight excluding hydrogens is 194 g/mol. The number of benzene rings is 1. The zero-order chi connectivity index (χ0) is 10.7. The zero-order valence-corrected chi connectivity index (χ0v) is 8.27. The number of hydrogen-bond donors (Lipinski definition) is 2. The molecule has 0 unspecified atom stereocenters. The van der Waals surface area contributed by atoms with Crippen molar-refractivity contribution in [3.05, 3.63) is 24.3 Å². The SMILES string of the molecule is O=C(O)Nc1ccc(OC2CCC2)cc1. The highest BCUT2D eigenvalue weighted by Gasteiger charge is 2.18. The molecule has 1 aromatic carbocycles. The summed E-state index contributed by atoms with van der Waals surface area (Å²) in [7, 11) is 0. The number of anilines is 1. The molecule has 80 valence electrons. The first-order chi connectivity index (χ1) is 7.24. The summed E-state index contributed by atoms with van der Waals surface area (Å²) in [6, 6.07) is 6.96. The highest BCUT2D eigenvalue weighted by Crippen LogP contribution is 2.25. The van der Waals surface area contributed by atoms with Gasteiger partial charge in [0.1, 0.15) is 5.75 Å². The minimum Gasteiger partial charge on any atom is -0.490 e. The Hall–Kier alpha value is -1.71. The normalized spacial score (nSPS) is 15.5. The second-order valence-electron chi connectivity index (χ2n) is 3.63. The first-order valence-electron chi connectivity index (χ1n) is 5.01. The Morgan fingerprint density at radius 3 is 2.47 bits per heavy atom. The van der Waals surface area contributed by atoms with Gasteiger partial charge < -0.3 is 9.84 Å². The number of amides is 1. The Bertz CT molecular complexity index is 343. The fraction of sp³-hybridized carbons (Fsp3) is 0.364. The molecule has 1 aliphatic rings. The van der Waals surface area contributed by atoms with E-state index in [1.54, 1.807) is 24.3 Å². The molecule has 0 aliphatic heterocycles. The largest absolute Gasteiger partial charge is 0.490 e. The van der Waals surface area contributed by atoms with Crippen LogP contribution in [0.5, 0.6) is 5.75 Å². The van der Waals surface area contributed by atoms with E-state index in [0.29, 0.717) is 11.8 Å². The fourth-order valence-electron chi connectivity index (χ4n) is 1.42. The molecule has 0 spiro atoms. The van der Waals surface area contributed by atoms with Crippen LogP contribution in [0.4, 0.5) is 10.5 Å². The van der Waals surface area contributed by atoms with Crippen LogP contribution in [0.15, 0.2) is 24.3 Å². The van der Waals surface area contributed by atoms with E-state index in [-0.39, 0.29) is 0 Å². The van der Waals surface area contributed by atoms with Gasteiger partial charge in [0, 0.05) is 5.69 Å². The second kappa shape index (κ2) is 4.21. The number of hydrogen-bond acceptors (Lipinski definition) is 2. The summed E-state index contributed by atoms with van der Waals surface area (Å²) >= 11 is 0. The van der Waals surface area contributed by atoms with E-state index in [9.17, 15) is 4.79 Å². The fourth-order valence-corrected chi connectivity index (χ4v) is 1.42. The van der Waals surface area contributed by atoms with Crippen molar-refractivity contribution in [1.29, 1.82) is 0 Å². The predicted molar refractivity (Wildman–Crippen MR) is 56.4 cm³/mol. The molecule has 0 saturated heterocycles. The van der Waals surface area contributed by atoms with Crippen LogP contribution in [-0.2, 0) is 0 Å². The maximum Gasteiger partial charge on any atom is 0.409 e. The second-order valence-corrected chi connectivity index (χ2v) is 3.63. The highest BCUT2D eigenvalue weighted by molar-refractivity contribution is 5.82. The van der Waals surface area contributed by atoms with Crippen LogP contribution in [0.25, 0.3) is 0 Å².